The monoisotopic (exact) mass is 230 g/mol. The number of phenolic OH excluding ortho intramolecular Hbond substituents is 1. The summed E-state index contributed by atoms with van der Waals surface area (Å²) in [6, 6.07) is 11.3. The van der Waals surface area contributed by atoms with Gasteiger partial charge in [-0.2, -0.15) is 0 Å². The van der Waals surface area contributed by atoms with Crippen LogP contribution in [0.25, 0.3) is 10.8 Å². The van der Waals surface area contributed by atoms with E-state index in [-0.39, 0.29) is 5.75 Å². The maximum absolute atomic E-state index is 9.43. The summed E-state index contributed by atoms with van der Waals surface area (Å²) in [5, 5.41) is 11.5. The number of hydrogen-bond donors (Lipinski definition) is 1. The Morgan fingerprint density at radius 1 is 1.06 bits per heavy atom. The Bertz CT molecular complexity index is 503. The molecule has 0 aliphatic rings. The minimum atomic E-state index is 0.289. The highest BCUT2D eigenvalue weighted by Gasteiger charge is 2.00. The molecule has 0 bridgehead atoms. The first-order valence-corrected chi connectivity index (χ1v) is 6.01. The molecular formula is C15H18O2. The Kier molecular flexibility index (Phi) is 3.52. The summed E-state index contributed by atoms with van der Waals surface area (Å²) >= 11 is 0. The van der Waals surface area contributed by atoms with E-state index in [1.54, 1.807) is 12.1 Å². The molecule has 0 radical (unpaired) electrons. The number of hydrogen-bond acceptors (Lipinski definition) is 2. The zero-order chi connectivity index (χ0) is 12.3. The highest BCUT2D eigenvalue weighted by molar-refractivity contribution is 5.85. The van der Waals surface area contributed by atoms with Crippen molar-refractivity contribution in [2.45, 2.75) is 20.3 Å². The van der Waals surface area contributed by atoms with E-state index in [0.29, 0.717) is 5.92 Å². The average molecular weight is 230 g/mol. The van der Waals surface area contributed by atoms with Crippen molar-refractivity contribution in [1.82, 2.24) is 0 Å². The number of ether oxygens (including phenoxy) is 1. The van der Waals surface area contributed by atoms with Gasteiger partial charge in [-0.25, -0.2) is 0 Å². The van der Waals surface area contributed by atoms with Crippen molar-refractivity contribution in [3.8, 4) is 11.5 Å². The van der Waals surface area contributed by atoms with Crippen molar-refractivity contribution in [3.05, 3.63) is 36.4 Å². The van der Waals surface area contributed by atoms with Gasteiger partial charge in [-0.05, 0) is 47.4 Å². The minimum absolute atomic E-state index is 0.289. The molecule has 2 heteroatoms. The molecule has 0 saturated carbocycles. The lowest BCUT2D eigenvalue weighted by atomic mass is 10.1. The van der Waals surface area contributed by atoms with E-state index in [9.17, 15) is 5.11 Å². The summed E-state index contributed by atoms with van der Waals surface area (Å²) in [6.45, 7) is 5.10. The smallest absolute Gasteiger partial charge is 0.119 e. The van der Waals surface area contributed by atoms with Crippen LogP contribution in [-0.4, -0.2) is 11.7 Å². The topological polar surface area (TPSA) is 29.5 Å². The number of benzene rings is 2. The average Bonchev–Trinajstić information content (AvgIpc) is 2.28. The first-order chi connectivity index (χ1) is 8.15. The molecule has 0 spiro atoms. The summed E-state index contributed by atoms with van der Waals surface area (Å²) in [5.74, 6) is 1.81. The first kappa shape index (κ1) is 11.8. The molecule has 90 valence electrons. The highest BCUT2D eigenvalue weighted by atomic mass is 16.5. The molecule has 0 aromatic heterocycles. The first-order valence-electron chi connectivity index (χ1n) is 6.01. The van der Waals surface area contributed by atoms with Crippen LogP contribution < -0.4 is 4.74 Å². The number of fused-ring (bicyclic) bond motifs is 1. The maximum atomic E-state index is 9.43. The van der Waals surface area contributed by atoms with E-state index in [2.05, 4.69) is 13.8 Å². The van der Waals surface area contributed by atoms with Crippen LogP contribution in [0.4, 0.5) is 0 Å². The van der Waals surface area contributed by atoms with Gasteiger partial charge in [0.1, 0.15) is 11.5 Å². The van der Waals surface area contributed by atoms with Gasteiger partial charge in [0, 0.05) is 0 Å². The number of phenols is 1. The third-order valence-electron chi connectivity index (χ3n) is 2.76. The third-order valence-corrected chi connectivity index (χ3v) is 2.76. The molecule has 2 nitrogen and oxygen atoms in total. The Morgan fingerprint density at radius 3 is 2.59 bits per heavy atom. The molecule has 0 unspecified atom stereocenters. The van der Waals surface area contributed by atoms with Gasteiger partial charge in [-0.3, -0.25) is 0 Å². The second kappa shape index (κ2) is 5.09. The van der Waals surface area contributed by atoms with Crippen LogP contribution >= 0.6 is 0 Å². The third kappa shape index (κ3) is 3.13. The van der Waals surface area contributed by atoms with Crippen LogP contribution in [0.15, 0.2) is 36.4 Å². The summed E-state index contributed by atoms with van der Waals surface area (Å²) in [5.41, 5.74) is 0. The summed E-state index contributed by atoms with van der Waals surface area (Å²) in [7, 11) is 0. The van der Waals surface area contributed by atoms with Gasteiger partial charge in [-0.15, -0.1) is 0 Å². The summed E-state index contributed by atoms with van der Waals surface area (Å²) in [4.78, 5) is 0. The van der Waals surface area contributed by atoms with Crippen molar-refractivity contribution < 1.29 is 9.84 Å². The Labute approximate surface area is 102 Å². The highest BCUT2D eigenvalue weighted by Crippen LogP contribution is 2.24. The fraction of sp³-hybridized carbons (Fsp3) is 0.333. The van der Waals surface area contributed by atoms with Crippen LogP contribution in [0.3, 0.4) is 0 Å². The molecule has 0 heterocycles. The molecule has 2 aromatic carbocycles. The van der Waals surface area contributed by atoms with Crippen molar-refractivity contribution in [1.29, 1.82) is 0 Å². The summed E-state index contributed by atoms with van der Waals surface area (Å²) in [6.07, 6.45) is 1.05. The van der Waals surface area contributed by atoms with Gasteiger partial charge in [0.15, 0.2) is 0 Å². The second-order valence-electron chi connectivity index (χ2n) is 4.72. The zero-order valence-electron chi connectivity index (χ0n) is 10.3. The normalized spacial score (nSPS) is 11.0. The van der Waals surface area contributed by atoms with Gasteiger partial charge in [-0.1, -0.05) is 26.0 Å². The molecule has 0 amide bonds. The van der Waals surface area contributed by atoms with Gasteiger partial charge in [0.05, 0.1) is 6.61 Å². The Morgan fingerprint density at radius 2 is 1.82 bits per heavy atom. The van der Waals surface area contributed by atoms with E-state index >= 15 is 0 Å². The molecule has 0 fully saturated rings. The van der Waals surface area contributed by atoms with E-state index in [1.807, 2.05) is 24.3 Å². The van der Waals surface area contributed by atoms with Crippen LogP contribution in [0.1, 0.15) is 20.3 Å². The van der Waals surface area contributed by atoms with E-state index in [1.165, 1.54) is 0 Å². The van der Waals surface area contributed by atoms with Crippen molar-refractivity contribution in [2.24, 2.45) is 5.92 Å². The lowest BCUT2D eigenvalue weighted by Crippen LogP contribution is -2.01. The van der Waals surface area contributed by atoms with Gasteiger partial charge >= 0.3 is 0 Å². The molecule has 2 aromatic rings. The van der Waals surface area contributed by atoms with Crippen molar-refractivity contribution in [2.75, 3.05) is 6.61 Å². The number of rotatable bonds is 4. The predicted molar refractivity (Wildman–Crippen MR) is 70.6 cm³/mol. The predicted octanol–water partition coefficient (Wildman–Crippen LogP) is 3.97. The molecule has 2 rings (SSSR count). The van der Waals surface area contributed by atoms with E-state index < -0.39 is 0 Å². The van der Waals surface area contributed by atoms with Gasteiger partial charge < -0.3 is 9.84 Å². The molecule has 0 saturated heterocycles. The molecule has 0 aliphatic heterocycles. The second-order valence-corrected chi connectivity index (χ2v) is 4.72. The number of aromatic hydroxyl groups is 1. The van der Waals surface area contributed by atoms with Crippen molar-refractivity contribution in [3.63, 3.8) is 0 Å². The quantitative estimate of drug-likeness (QED) is 0.861. The lowest BCUT2D eigenvalue weighted by molar-refractivity contribution is 0.290. The van der Waals surface area contributed by atoms with Crippen molar-refractivity contribution >= 4 is 10.8 Å². The maximum Gasteiger partial charge on any atom is 0.119 e. The van der Waals surface area contributed by atoms with E-state index in [0.717, 1.165) is 29.5 Å². The lowest BCUT2D eigenvalue weighted by Gasteiger charge is -2.09. The van der Waals surface area contributed by atoms with Crippen LogP contribution in [0.5, 0.6) is 11.5 Å². The molecular weight excluding hydrogens is 212 g/mol. The largest absolute Gasteiger partial charge is 0.508 e. The van der Waals surface area contributed by atoms with Crippen LogP contribution in [-0.2, 0) is 0 Å². The van der Waals surface area contributed by atoms with Gasteiger partial charge in [0.25, 0.3) is 0 Å². The zero-order valence-corrected chi connectivity index (χ0v) is 10.3. The van der Waals surface area contributed by atoms with Crippen LogP contribution in [0.2, 0.25) is 0 Å². The van der Waals surface area contributed by atoms with E-state index in [4.69, 9.17) is 4.74 Å². The fourth-order valence-electron chi connectivity index (χ4n) is 1.71. The Hall–Kier alpha value is -1.70. The fourth-order valence-corrected chi connectivity index (χ4v) is 1.71. The van der Waals surface area contributed by atoms with Crippen LogP contribution in [0, 0.1) is 5.92 Å². The molecule has 0 aliphatic carbocycles. The molecule has 1 N–H and O–H groups in total. The Balaban J connectivity index is 2.13. The molecule has 17 heavy (non-hydrogen) atoms. The molecule has 0 atom stereocenters. The van der Waals surface area contributed by atoms with Gasteiger partial charge in [0.2, 0.25) is 0 Å². The summed E-state index contributed by atoms with van der Waals surface area (Å²) < 4.78 is 5.68. The standard InChI is InChI=1S/C15H18O2/c1-11(2)7-8-17-15-6-4-12-3-5-14(16)9-13(12)10-15/h3-6,9-11,16H,7-8H2,1-2H3. The minimum Gasteiger partial charge on any atom is -0.508 e. The SMILES string of the molecule is CC(C)CCOc1ccc2ccc(O)cc2c1.